The first-order valence-corrected chi connectivity index (χ1v) is 9.33. The van der Waals surface area contributed by atoms with Crippen molar-refractivity contribution in [3.63, 3.8) is 0 Å². The quantitative estimate of drug-likeness (QED) is 0.333. The molecular formula is C18H13BrClF7N2O2. The summed E-state index contributed by atoms with van der Waals surface area (Å²) in [6.45, 7) is 0. The molecule has 2 aromatic carbocycles. The Kier molecular flexibility index (Phi) is 7.06. The second-order valence-corrected chi connectivity index (χ2v) is 7.55. The smallest absolute Gasteiger partial charge is 0.427 e. The van der Waals surface area contributed by atoms with Gasteiger partial charge in [0.1, 0.15) is 0 Å². The summed E-state index contributed by atoms with van der Waals surface area (Å²) < 4.78 is 96.9. The maximum absolute atomic E-state index is 14.6. The molecule has 0 aromatic heterocycles. The van der Waals surface area contributed by atoms with Gasteiger partial charge in [0, 0.05) is 10.0 Å². The molecule has 2 rings (SSSR count). The highest BCUT2D eigenvalue weighted by Gasteiger charge is 2.62. The zero-order valence-corrected chi connectivity index (χ0v) is 17.7. The number of carbonyl (C=O) groups excluding carboxylic acids is 1. The van der Waals surface area contributed by atoms with Gasteiger partial charge in [-0.15, -0.1) is 0 Å². The minimum atomic E-state index is -5.88. The van der Waals surface area contributed by atoms with E-state index in [1.165, 1.54) is 25.3 Å². The van der Waals surface area contributed by atoms with Crippen LogP contribution >= 0.6 is 27.5 Å². The number of anilines is 2. The van der Waals surface area contributed by atoms with Gasteiger partial charge >= 0.3 is 12.4 Å². The average Bonchev–Trinajstić information content (AvgIpc) is 2.61. The Morgan fingerprint density at radius 3 is 2.26 bits per heavy atom. The molecule has 1 amide bonds. The van der Waals surface area contributed by atoms with Gasteiger partial charge in [0.05, 0.1) is 35.5 Å². The summed E-state index contributed by atoms with van der Waals surface area (Å²) in [7, 11) is 1.25. The van der Waals surface area contributed by atoms with Crippen LogP contribution in [0.3, 0.4) is 0 Å². The molecule has 31 heavy (non-hydrogen) atoms. The van der Waals surface area contributed by atoms with Crippen LogP contribution in [0, 0.1) is 0 Å². The molecule has 0 aliphatic rings. The van der Waals surface area contributed by atoms with Crippen molar-refractivity contribution < 1.29 is 40.3 Å². The number of benzene rings is 2. The zero-order valence-electron chi connectivity index (χ0n) is 15.4. The van der Waals surface area contributed by atoms with Crippen molar-refractivity contribution in [2.24, 2.45) is 0 Å². The molecule has 4 nitrogen and oxygen atoms in total. The molecule has 0 aliphatic heterocycles. The average molecular weight is 538 g/mol. The Balaban J connectivity index is 2.49. The van der Waals surface area contributed by atoms with Crippen molar-refractivity contribution in [3.8, 4) is 5.75 Å². The van der Waals surface area contributed by atoms with Crippen LogP contribution in [-0.4, -0.2) is 25.4 Å². The number of hydrogen-bond donors (Lipinski definition) is 2. The van der Waals surface area contributed by atoms with Gasteiger partial charge in [0.2, 0.25) is 5.67 Å². The first kappa shape index (κ1) is 25.1. The number of halogens is 9. The number of para-hydroxylation sites is 1. The van der Waals surface area contributed by atoms with E-state index in [4.69, 9.17) is 22.1 Å². The summed E-state index contributed by atoms with van der Waals surface area (Å²) in [6.07, 6.45) is -14.1. The van der Waals surface area contributed by atoms with E-state index in [-0.39, 0.29) is 27.2 Å². The third-order valence-corrected chi connectivity index (χ3v) is 5.05. The lowest BCUT2D eigenvalue weighted by atomic mass is 9.91. The summed E-state index contributed by atoms with van der Waals surface area (Å²) in [5.74, 6) is -0.828. The number of amides is 1. The van der Waals surface area contributed by atoms with E-state index in [9.17, 15) is 35.5 Å². The molecule has 1 unspecified atom stereocenters. The van der Waals surface area contributed by atoms with Crippen LogP contribution in [0.15, 0.2) is 34.8 Å². The van der Waals surface area contributed by atoms with Crippen LogP contribution in [0.2, 0.25) is 5.02 Å². The molecule has 3 N–H and O–H groups in total. The number of carbonyl (C=O) groups is 1. The lowest BCUT2D eigenvalue weighted by Gasteiger charge is -2.30. The van der Waals surface area contributed by atoms with Crippen molar-refractivity contribution in [3.05, 3.63) is 51.0 Å². The molecule has 0 fully saturated rings. The molecule has 2 aromatic rings. The number of hydrogen-bond acceptors (Lipinski definition) is 3. The van der Waals surface area contributed by atoms with Gasteiger partial charge in [-0.2, -0.15) is 26.3 Å². The maximum atomic E-state index is 14.6. The Morgan fingerprint density at radius 2 is 1.77 bits per heavy atom. The molecule has 0 spiro atoms. The molecular weight excluding hydrogens is 525 g/mol. The standard InChI is InChI=1S/C18H13BrClF7N2O2/c1-31-14-9(3-2-4-12(14)28)15(30)29-13-10(19)5-8(6-11(13)20)16(21,18(25,26)27)7-17(22,23)24/h2-6H,7,28H2,1H3,(H,29,30). The second kappa shape index (κ2) is 8.73. The van der Waals surface area contributed by atoms with Gasteiger partial charge in [0.25, 0.3) is 5.91 Å². The summed E-state index contributed by atoms with van der Waals surface area (Å²) in [4.78, 5) is 12.6. The first-order chi connectivity index (χ1) is 14.1. The number of methoxy groups -OCH3 is 1. The van der Waals surface area contributed by atoms with Crippen molar-refractivity contribution in [2.45, 2.75) is 24.4 Å². The number of rotatable bonds is 5. The number of alkyl halides is 7. The molecule has 0 saturated carbocycles. The van der Waals surface area contributed by atoms with Crippen molar-refractivity contribution >= 4 is 44.8 Å². The third-order valence-electron chi connectivity index (χ3n) is 4.13. The van der Waals surface area contributed by atoms with Crippen LogP contribution in [0.5, 0.6) is 5.75 Å². The molecule has 13 heteroatoms. The minimum Gasteiger partial charge on any atom is -0.494 e. The SMILES string of the molecule is COc1c(N)cccc1C(=O)Nc1c(Cl)cc(C(F)(CC(F)(F)F)C(F)(F)F)cc1Br. The highest BCUT2D eigenvalue weighted by molar-refractivity contribution is 9.10. The summed E-state index contributed by atoms with van der Waals surface area (Å²) in [5.41, 5.74) is -0.661. The number of nitrogens with one attached hydrogen (secondary N) is 1. The van der Waals surface area contributed by atoms with Crippen LogP contribution < -0.4 is 15.8 Å². The molecule has 0 radical (unpaired) electrons. The van der Waals surface area contributed by atoms with Crippen LogP contribution in [0.25, 0.3) is 0 Å². The zero-order chi connectivity index (χ0) is 23.8. The van der Waals surface area contributed by atoms with E-state index in [0.717, 1.165) is 0 Å². The Labute approximate surface area is 184 Å². The van der Waals surface area contributed by atoms with Gasteiger partial charge < -0.3 is 15.8 Å². The molecule has 0 heterocycles. The van der Waals surface area contributed by atoms with Crippen LogP contribution in [0.1, 0.15) is 22.3 Å². The van der Waals surface area contributed by atoms with Crippen molar-refractivity contribution in [2.75, 3.05) is 18.2 Å². The normalized spacial score (nSPS) is 14.1. The third kappa shape index (κ3) is 5.35. The summed E-state index contributed by atoms with van der Waals surface area (Å²) >= 11 is 8.70. The maximum Gasteiger partial charge on any atom is 0.427 e. The fourth-order valence-electron chi connectivity index (χ4n) is 2.71. The van der Waals surface area contributed by atoms with E-state index in [2.05, 4.69) is 21.2 Å². The monoisotopic (exact) mass is 536 g/mol. The van der Waals surface area contributed by atoms with E-state index in [1.54, 1.807) is 0 Å². The van der Waals surface area contributed by atoms with Gasteiger partial charge in [0.15, 0.2) is 5.75 Å². The van der Waals surface area contributed by atoms with Gasteiger partial charge in [-0.1, -0.05) is 17.7 Å². The van der Waals surface area contributed by atoms with Gasteiger partial charge in [-0.25, -0.2) is 4.39 Å². The van der Waals surface area contributed by atoms with Crippen LogP contribution in [-0.2, 0) is 5.67 Å². The predicted octanol–water partition coefficient (Wildman–Crippen LogP) is 6.63. The van der Waals surface area contributed by atoms with Crippen molar-refractivity contribution in [1.82, 2.24) is 0 Å². The minimum absolute atomic E-state index is 0.00823. The number of ether oxygens (including phenoxy) is 1. The highest BCUT2D eigenvalue weighted by atomic mass is 79.9. The lowest BCUT2D eigenvalue weighted by molar-refractivity contribution is -0.273. The van der Waals surface area contributed by atoms with E-state index >= 15 is 0 Å². The number of nitrogens with two attached hydrogens (primary N) is 1. The number of nitrogen functional groups attached to an aromatic ring is 1. The van der Waals surface area contributed by atoms with E-state index < -0.39 is 40.9 Å². The summed E-state index contributed by atoms with van der Waals surface area (Å²) in [5, 5.41) is 1.65. The highest BCUT2D eigenvalue weighted by Crippen LogP contribution is 2.51. The van der Waals surface area contributed by atoms with Gasteiger partial charge in [-0.3, -0.25) is 4.79 Å². The topological polar surface area (TPSA) is 64.3 Å². The van der Waals surface area contributed by atoms with Gasteiger partial charge in [-0.05, 0) is 40.2 Å². The first-order valence-electron chi connectivity index (χ1n) is 8.16. The molecule has 170 valence electrons. The molecule has 0 bridgehead atoms. The molecule has 1 atom stereocenters. The Bertz CT molecular complexity index is 975. The van der Waals surface area contributed by atoms with Crippen LogP contribution in [0.4, 0.5) is 42.1 Å². The fourth-order valence-corrected chi connectivity index (χ4v) is 3.65. The molecule has 0 aliphatic carbocycles. The Hall–Kier alpha value is -2.21. The summed E-state index contributed by atoms with van der Waals surface area (Å²) in [6, 6.07) is 5.06. The predicted molar refractivity (Wildman–Crippen MR) is 104 cm³/mol. The van der Waals surface area contributed by atoms with E-state index in [0.29, 0.717) is 12.1 Å². The second-order valence-electron chi connectivity index (χ2n) is 6.29. The van der Waals surface area contributed by atoms with Crippen molar-refractivity contribution in [1.29, 1.82) is 0 Å². The van der Waals surface area contributed by atoms with E-state index in [1.807, 2.05) is 0 Å². The Morgan fingerprint density at radius 1 is 1.16 bits per heavy atom. The fraction of sp³-hybridized carbons (Fsp3) is 0.278. The largest absolute Gasteiger partial charge is 0.494 e. The lowest BCUT2D eigenvalue weighted by Crippen LogP contribution is -2.42. The molecule has 0 saturated heterocycles.